The standard InChI is InChI=1S/C30H21NO2/c32-24-17-18-30-27(19-24)25-14-8-7-13-23(25)20-31(30)29(33)26(16-15-21-9-3-1-4-10-21)28(30)22-11-5-2-6-12-22/h1-14,17-18,27H,19-20H2. The second-order valence-electron chi connectivity index (χ2n) is 8.70. The van der Waals surface area contributed by atoms with Gasteiger partial charge in [0.25, 0.3) is 5.91 Å². The van der Waals surface area contributed by atoms with Crippen molar-refractivity contribution in [2.75, 3.05) is 0 Å². The van der Waals surface area contributed by atoms with Gasteiger partial charge in [0.05, 0.1) is 11.1 Å². The number of benzene rings is 3. The summed E-state index contributed by atoms with van der Waals surface area (Å²) in [5.41, 5.74) is 4.77. The van der Waals surface area contributed by atoms with Gasteiger partial charge >= 0.3 is 0 Å². The second-order valence-corrected chi connectivity index (χ2v) is 8.70. The lowest BCUT2D eigenvalue weighted by Crippen LogP contribution is -2.55. The molecule has 0 radical (unpaired) electrons. The number of carbonyl (C=O) groups is 2. The van der Waals surface area contributed by atoms with Gasteiger partial charge in [0.2, 0.25) is 0 Å². The molecule has 6 rings (SSSR count). The molecule has 1 amide bonds. The number of hydrogen-bond donors (Lipinski definition) is 0. The smallest absolute Gasteiger partial charge is 0.264 e. The molecular weight excluding hydrogens is 406 g/mol. The van der Waals surface area contributed by atoms with E-state index in [9.17, 15) is 9.59 Å². The van der Waals surface area contributed by atoms with Crippen molar-refractivity contribution in [3.8, 4) is 11.8 Å². The highest BCUT2D eigenvalue weighted by atomic mass is 16.2. The van der Waals surface area contributed by atoms with Crippen LogP contribution in [0.4, 0.5) is 0 Å². The van der Waals surface area contributed by atoms with Crippen LogP contribution in [0.25, 0.3) is 5.57 Å². The fourth-order valence-corrected chi connectivity index (χ4v) is 5.53. The summed E-state index contributed by atoms with van der Waals surface area (Å²) in [5, 5.41) is 0. The Kier molecular flexibility index (Phi) is 4.41. The summed E-state index contributed by atoms with van der Waals surface area (Å²) in [4.78, 5) is 28.5. The number of allylic oxidation sites excluding steroid dienone is 1. The van der Waals surface area contributed by atoms with Crippen LogP contribution in [0.3, 0.4) is 0 Å². The van der Waals surface area contributed by atoms with Crippen LogP contribution < -0.4 is 0 Å². The van der Waals surface area contributed by atoms with E-state index in [1.807, 2.05) is 83.8 Å². The Morgan fingerprint density at radius 1 is 0.818 bits per heavy atom. The molecule has 1 spiro atoms. The number of rotatable bonds is 1. The minimum Gasteiger partial charge on any atom is -0.320 e. The molecule has 0 aromatic heterocycles. The van der Waals surface area contributed by atoms with Crippen molar-refractivity contribution in [3.63, 3.8) is 0 Å². The average Bonchev–Trinajstić information content (AvgIpc) is 3.10. The van der Waals surface area contributed by atoms with Crippen LogP contribution in [0.1, 0.15) is 34.6 Å². The number of hydrogen-bond acceptors (Lipinski definition) is 2. The average molecular weight is 428 g/mol. The molecule has 0 saturated carbocycles. The van der Waals surface area contributed by atoms with Crippen molar-refractivity contribution >= 4 is 17.3 Å². The van der Waals surface area contributed by atoms with E-state index < -0.39 is 5.54 Å². The van der Waals surface area contributed by atoms with Crippen molar-refractivity contribution in [1.82, 2.24) is 4.90 Å². The molecule has 3 aromatic carbocycles. The first-order valence-corrected chi connectivity index (χ1v) is 11.2. The van der Waals surface area contributed by atoms with E-state index in [1.165, 1.54) is 0 Å². The van der Waals surface area contributed by atoms with Gasteiger partial charge in [-0.05, 0) is 34.9 Å². The van der Waals surface area contributed by atoms with E-state index >= 15 is 0 Å². The van der Waals surface area contributed by atoms with Crippen LogP contribution >= 0.6 is 0 Å². The lowest BCUT2D eigenvalue weighted by atomic mass is 9.64. The maximum absolute atomic E-state index is 13.9. The van der Waals surface area contributed by atoms with Crippen LogP contribution in [-0.4, -0.2) is 22.1 Å². The molecule has 33 heavy (non-hydrogen) atoms. The largest absolute Gasteiger partial charge is 0.320 e. The summed E-state index contributed by atoms with van der Waals surface area (Å²) < 4.78 is 0. The van der Waals surface area contributed by atoms with Gasteiger partial charge in [0.15, 0.2) is 5.78 Å². The Morgan fingerprint density at radius 2 is 1.52 bits per heavy atom. The van der Waals surface area contributed by atoms with Crippen molar-refractivity contribution in [1.29, 1.82) is 0 Å². The van der Waals surface area contributed by atoms with E-state index in [2.05, 4.69) is 24.0 Å². The van der Waals surface area contributed by atoms with Crippen LogP contribution in [0.15, 0.2) is 103 Å². The number of fused-ring (bicyclic) bond motifs is 2. The molecule has 3 nitrogen and oxygen atoms in total. The molecular formula is C30H21NO2. The Labute approximate surface area is 193 Å². The van der Waals surface area contributed by atoms with Gasteiger partial charge in [0.1, 0.15) is 0 Å². The SMILES string of the molecule is O=C1C=CC23C(c4ccccc4)=C(C#Cc4ccccc4)C(=O)N2Cc2ccccc2C3C1. The first-order chi connectivity index (χ1) is 16.2. The topological polar surface area (TPSA) is 37.4 Å². The zero-order valence-electron chi connectivity index (χ0n) is 18.0. The molecule has 3 aliphatic rings. The van der Waals surface area contributed by atoms with Gasteiger partial charge in [-0.15, -0.1) is 0 Å². The van der Waals surface area contributed by atoms with Gasteiger partial charge in [-0.2, -0.15) is 0 Å². The van der Waals surface area contributed by atoms with Gasteiger partial charge < -0.3 is 4.90 Å². The van der Waals surface area contributed by atoms with Gasteiger partial charge in [-0.1, -0.05) is 90.7 Å². The van der Waals surface area contributed by atoms with Crippen molar-refractivity contribution in [3.05, 3.63) is 125 Å². The van der Waals surface area contributed by atoms with Gasteiger partial charge in [0, 0.05) is 30.0 Å². The lowest BCUT2D eigenvalue weighted by molar-refractivity contribution is -0.131. The third-order valence-electron chi connectivity index (χ3n) is 6.94. The van der Waals surface area contributed by atoms with E-state index in [4.69, 9.17) is 0 Å². The van der Waals surface area contributed by atoms with Crippen LogP contribution in [0.2, 0.25) is 0 Å². The fourth-order valence-electron chi connectivity index (χ4n) is 5.53. The molecule has 158 valence electrons. The van der Waals surface area contributed by atoms with E-state index in [0.29, 0.717) is 18.5 Å². The summed E-state index contributed by atoms with van der Waals surface area (Å²) in [6, 6.07) is 27.9. The van der Waals surface area contributed by atoms with Crippen molar-refractivity contribution in [2.24, 2.45) is 0 Å². The summed E-state index contributed by atoms with van der Waals surface area (Å²) in [7, 11) is 0. The van der Waals surface area contributed by atoms with Crippen LogP contribution in [0, 0.1) is 11.8 Å². The Bertz CT molecular complexity index is 1410. The quantitative estimate of drug-likeness (QED) is 0.518. The molecule has 0 bridgehead atoms. The number of amides is 1. The molecule has 0 fully saturated rings. The van der Waals surface area contributed by atoms with Crippen molar-refractivity contribution in [2.45, 2.75) is 24.4 Å². The van der Waals surface area contributed by atoms with Crippen LogP contribution in [-0.2, 0) is 16.1 Å². The Hall–Kier alpha value is -4.16. The third kappa shape index (κ3) is 2.92. The van der Waals surface area contributed by atoms with Crippen molar-refractivity contribution < 1.29 is 9.59 Å². The van der Waals surface area contributed by atoms with Gasteiger partial charge in [-0.25, -0.2) is 0 Å². The minimum atomic E-state index is -0.721. The van der Waals surface area contributed by atoms with E-state index in [-0.39, 0.29) is 17.6 Å². The molecule has 3 heteroatoms. The predicted octanol–water partition coefficient (Wildman–Crippen LogP) is 4.90. The Morgan fingerprint density at radius 3 is 2.30 bits per heavy atom. The third-order valence-corrected chi connectivity index (χ3v) is 6.94. The molecule has 0 saturated heterocycles. The first-order valence-electron chi connectivity index (χ1n) is 11.2. The summed E-state index contributed by atoms with van der Waals surface area (Å²) in [6.07, 6.45) is 3.98. The Balaban J connectivity index is 1.64. The highest BCUT2D eigenvalue weighted by Crippen LogP contribution is 2.56. The molecule has 2 atom stereocenters. The highest BCUT2D eigenvalue weighted by molar-refractivity contribution is 6.14. The molecule has 2 unspecified atom stereocenters. The monoisotopic (exact) mass is 427 g/mol. The maximum atomic E-state index is 13.9. The van der Waals surface area contributed by atoms with Crippen LogP contribution in [0.5, 0.6) is 0 Å². The number of carbonyl (C=O) groups excluding carboxylic acids is 2. The molecule has 0 N–H and O–H groups in total. The molecule has 2 aliphatic heterocycles. The van der Waals surface area contributed by atoms with E-state index in [1.54, 1.807) is 6.08 Å². The maximum Gasteiger partial charge on any atom is 0.264 e. The molecule has 2 heterocycles. The van der Waals surface area contributed by atoms with Gasteiger partial charge in [-0.3, -0.25) is 9.59 Å². The number of ketones is 1. The normalized spacial score (nSPS) is 22.9. The lowest BCUT2D eigenvalue weighted by Gasteiger charge is -2.50. The highest BCUT2D eigenvalue weighted by Gasteiger charge is 2.58. The second kappa shape index (κ2) is 7.46. The number of nitrogens with zero attached hydrogens (tertiary/aromatic N) is 1. The predicted molar refractivity (Wildman–Crippen MR) is 128 cm³/mol. The summed E-state index contributed by atoms with van der Waals surface area (Å²) >= 11 is 0. The van der Waals surface area contributed by atoms with E-state index in [0.717, 1.165) is 27.8 Å². The first kappa shape index (κ1) is 19.5. The molecule has 3 aromatic rings. The minimum absolute atomic E-state index is 0.0733. The molecule has 1 aliphatic carbocycles. The zero-order valence-corrected chi connectivity index (χ0v) is 18.0. The summed E-state index contributed by atoms with van der Waals surface area (Å²) in [6.45, 7) is 0.497. The summed E-state index contributed by atoms with van der Waals surface area (Å²) in [5.74, 6) is 6.31. The zero-order chi connectivity index (χ0) is 22.4. The fraction of sp³-hybridized carbons (Fsp3) is 0.133.